The van der Waals surface area contributed by atoms with Crippen molar-refractivity contribution in [1.82, 2.24) is 25.1 Å². The molecule has 2 N–H and O–H groups in total. The first kappa shape index (κ1) is 21.1. The summed E-state index contributed by atoms with van der Waals surface area (Å²) < 4.78 is 2.06. The molecule has 0 aliphatic carbocycles. The van der Waals surface area contributed by atoms with Crippen LogP contribution >= 0.6 is 0 Å². The van der Waals surface area contributed by atoms with E-state index in [1.54, 1.807) is 6.20 Å². The monoisotopic (exact) mass is 419 g/mol. The lowest BCUT2D eigenvalue weighted by molar-refractivity contribution is -0.134. The summed E-state index contributed by atoms with van der Waals surface area (Å²) in [5.74, 6) is 0.804. The van der Waals surface area contributed by atoms with Crippen molar-refractivity contribution in [1.29, 1.82) is 0 Å². The molecule has 3 aromatic rings. The number of fused-ring (bicyclic) bond motifs is 1. The minimum atomic E-state index is -0.448. The van der Waals surface area contributed by atoms with E-state index in [1.807, 2.05) is 25.3 Å². The van der Waals surface area contributed by atoms with Gasteiger partial charge in [-0.15, -0.1) is 0 Å². The summed E-state index contributed by atoms with van der Waals surface area (Å²) in [4.78, 5) is 31.4. The van der Waals surface area contributed by atoms with Gasteiger partial charge < -0.3 is 15.2 Å². The predicted octanol–water partition coefficient (Wildman–Crippen LogP) is 2.24. The van der Waals surface area contributed by atoms with E-state index < -0.39 is 6.04 Å². The summed E-state index contributed by atoms with van der Waals surface area (Å²) >= 11 is 0. The third kappa shape index (κ3) is 5.30. The molecule has 162 valence electrons. The summed E-state index contributed by atoms with van der Waals surface area (Å²) in [6.07, 6.45) is 4.71. The van der Waals surface area contributed by atoms with E-state index in [1.165, 1.54) is 10.8 Å². The Morgan fingerprint density at radius 1 is 1.23 bits per heavy atom. The molecule has 7 nitrogen and oxygen atoms in total. The predicted molar refractivity (Wildman–Crippen MR) is 120 cm³/mol. The first-order chi connectivity index (χ1) is 15.1. The quantitative estimate of drug-likeness (QED) is 0.549. The van der Waals surface area contributed by atoms with Gasteiger partial charge in [0.2, 0.25) is 11.8 Å². The van der Waals surface area contributed by atoms with Gasteiger partial charge in [-0.1, -0.05) is 36.4 Å². The van der Waals surface area contributed by atoms with Crippen molar-refractivity contribution in [3.63, 3.8) is 0 Å². The number of hydrogen-bond donors (Lipinski definition) is 2. The zero-order valence-corrected chi connectivity index (χ0v) is 17.9. The van der Waals surface area contributed by atoms with Gasteiger partial charge in [-0.3, -0.25) is 14.5 Å². The zero-order valence-electron chi connectivity index (χ0n) is 17.9. The number of amides is 2. The Balaban J connectivity index is 1.32. The highest BCUT2D eigenvalue weighted by Gasteiger charge is 2.31. The van der Waals surface area contributed by atoms with Crippen LogP contribution in [-0.4, -0.2) is 51.9 Å². The van der Waals surface area contributed by atoms with Gasteiger partial charge in [0.15, 0.2) is 0 Å². The van der Waals surface area contributed by atoms with E-state index in [0.717, 1.165) is 30.9 Å². The van der Waals surface area contributed by atoms with Crippen LogP contribution in [0.25, 0.3) is 10.8 Å². The molecule has 1 atom stereocenters. The molecule has 0 bridgehead atoms. The molecule has 2 aromatic carbocycles. The molecular formula is C24H29N5O2. The van der Waals surface area contributed by atoms with Crippen LogP contribution in [-0.2, 0) is 22.7 Å². The molecule has 31 heavy (non-hydrogen) atoms. The maximum atomic E-state index is 12.5. The van der Waals surface area contributed by atoms with Gasteiger partial charge in [0.05, 0.1) is 12.5 Å². The van der Waals surface area contributed by atoms with Crippen molar-refractivity contribution < 1.29 is 9.59 Å². The molecule has 1 saturated heterocycles. The second-order valence-electron chi connectivity index (χ2n) is 8.03. The molecule has 1 unspecified atom stereocenters. The van der Waals surface area contributed by atoms with Gasteiger partial charge in [0.25, 0.3) is 0 Å². The lowest BCUT2D eigenvalue weighted by Gasteiger charge is -2.34. The minimum Gasteiger partial charge on any atom is -0.356 e. The number of hydrogen-bond acceptors (Lipinski definition) is 4. The molecule has 0 radical (unpaired) electrons. The second kappa shape index (κ2) is 9.75. The second-order valence-corrected chi connectivity index (χ2v) is 8.03. The van der Waals surface area contributed by atoms with Crippen molar-refractivity contribution in [3.8, 4) is 0 Å². The number of aryl methyl sites for hydroxylation is 2. The Morgan fingerprint density at radius 2 is 2.06 bits per heavy atom. The van der Waals surface area contributed by atoms with Crippen LogP contribution in [0.5, 0.6) is 0 Å². The summed E-state index contributed by atoms with van der Waals surface area (Å²) in [5.41, 5.74) is 1.15. The Bertz CT molecular complexity index is 1060. The van der Waals surface area contributed by atoms with Crippen molar-refractivity contribution in [2.24, 2.45) is 0 Å². The van der Waals surface area contributed by atoms with Crippen LogP contribution in [0.3, 0.4) is 0 Å². The van der Waals surface area contributed by atoms with Gasteiger partial charge in [-0.05, 0) is 35.7 Å². The largest absolute Gasteiger partial charge is 0.356 e. The lowest BCUT2D eigenvalue weighted by atomic mass is 10.0. The third-order valence-electron chi connectivity index (χ3n) is 5.84. The van der Waals surface area contributed by atoms with Crippen molar-refractivity contribution in [2.75, 3.05) is 19.6 Å². The van der Waals surface area contributed by atoms with Crippen LogP contribution in [0.1, 0.15) is 24.2 Å². The lowest BCUT2D eigenvalue weighted by Crippen LogP contribution is -2.56. The number of carbonyl (C=O) groups is 2. The van der Waals surface area contributed by atoms with Gasteiger partial charge >= 0.3 is 0 Å². The van der Waals surface area contributed by atoms with Gasteiger partial charge in [0, 0.05) is 45.1 Å². The molecule has 1 aliphatic heterocycles. The molecule has 1 aliphatic rings. The molecule has 1 fully saturated rings. The van der Waals surface area contributed by atoms with Crippen LogP contribution < -0.4 is 10.6 Å². The molecule has 7 heteroatoms. The molecular weight excluding hydrogens is 390 g/mol. The average Bonchev–Trinajstić information content (AvgIpc) is 3.18. The van der Waals surface area contributed by atoms with Gasteiger partial charge in [-0.2, -0.15) is 0 Å². The summed E-state index contributed by atoms with van der Waals surface area (Å²) in [5, 5.41) is 8.25. The summed E-state index contributed by atoms with van der Waals surface area (Å²) in [6, 6.07) is 14.2. The topological polar surface area (TPSA) is 79.3 Å². The maximum absolute atomic E-state index is 12.5. The molecule has 0 spiro atoms. The van der Waals surface area contributed by atoms with Crippen molar-refractivity contribution >= 4 is 22.6 Å². The molecule has 1 aromatic heterocycles. The number of nitrogens with zero attached hydrogens (tertiary/aromatic N) is 3. The van der Waals surface area contributed by atoms with Crippen molar-refractivity contribution in [2.45, 2.75) is 38.9 Å². The van der Waals surface area contributed by atoms with E-state index in [9.17, 15) is 9.59 Å². The fourth-order valence-corrected chi connectivity index (χ4v) is 4.11. The fourth-order valence-electron chi connectivity index (χ4n) is 4.11. The van der Waals surface area contributed by atoms with E-state index >= 15 is 0 Å². The molecule has 2 heterocycles. The smallest absolute Gasteiger partial charge is 0.237 e. The average molecular weight is 420 g/mol. The Morgan fingerprint density at radius 3 is 2.87 bits per heavy atom. The van der Waals surface area contributed by atoms with E-state index in [4.69, 9.17) is 0 Å². The first-order valence-corrected chi connectivity index (χ1v) is 10.8. The number of carbonyl (C=O) groups excluding carboxylic acids is 2. The number of piperazine rings is 1. The SMILES string of the molecule is Cc1nccn1CCCNC(=O)CC1C(=O)NCCN1Cc1ccc2ccccc2c1. The number of imidazole rings is 1. The van der Waals surface area contributed by atoms with Crippen LogP contribution in [0.4, 0.5) is 0 Å². The number of rotatable bonds is 8. The Labute approximate surface area is 182 Å². The fraction of sp³-hybridized carbons (Fsp3) is 0.375. The molecule has 2 amide bonds. The maximum Gasteiger partial charge on any atom is 0.237 e. The Hall–Kier alpha value is -3.19. The van der Waals surface area contributed by atoms with Crippen LogP contribution in [0.15, 0.2) is 54.9 Å². The van der Waals surface area contributed by atoms with Crippen molar-refractivity contribution in [3.05, 3.63) is 66.2 Å². The van der Waals surface area contributed by atoms with E-state index in [-0.39, 0.29) is 18.2 Å². The summed E-state index contributed by atoms with van der Waals surface area (Å²) in [7, 11) is 0. The summed E-state index contributed by atoms with van der Waals surface area (Å²) in [6.45, 7) is 5.34. The third-order valence-corrected chi connectivity index (χ3v) is 5.84. The number of nitrogens with one attached hydrogen (secondary N) is 2. The standard InChI is InChI=1S/C24H29N5O2/c1-18-25-10-13-28(18)12-4-9-26-23(30)16-22-24(31)27-11-14-29(22)17-19-7-8-20-5-2-3-6-21(20)15-19/h2-3,5-8,10,13,15,22H,4,9,11-12,14,16-17H2,1H3,(H,26,30)(H,27,31). The van der Waals surface area contributed by atoms with Crippen LogP contribution in [0, 0.1) is 6.92 Å². The highest BCUT2D eigenvalue weighted by atomic mass is 16.2. The van der Waals surface area contributed by atoms with E-state index in [2.05, 4.69) is 55.4 Å². The van der Waals surface area contributed by atoms with Crippen LogP contribution in [0.2, 0.25) is 0 Å². The van der Waals surface area contributed by atoms with Gasteiger partial charge in [0.1, 0.15) is 5.82 Å². The zero-order chi connectivity index (χ0) is 21.6. The highest BCUT2D eigenvalue weighted by molar-refractivity contribution is 5.89. The molecule has 4 rings (SSSR count). The number of benzene rings is 2. The van der Waals surface area contributed by atoms with E-state index in [0.29, 0.717) is 19.6 Å². The molecule has 0 saturated carbocycles. The number of aromatic nitrogens is 2. The highest BCUT2D eigenvalue weighted by Crippen LogP contribution is 2.19. The first-order valence-electron chi connectivity index (χ1n) is 10.8. The minimum absolute atomic E-state index is 0.0729. The Kier molecular flexibility index (Phi) is 6.62. The normalized spacial score (nSPS) is 16.9. The van der Waals surface area contributed by atoms with Gasteiger partial charge in [-0.25, -0.2) is 4.98 Å².